The van der Waals surface area contributed by atoms with Gasteiger partial charge in [-0.15, -0.1) is 10.2 Å². The number of likely N-dealkylation sites (N-methyl/N-ethyl adjacent to an activating group) is 1. The maximum atomic E-state index is 12.1. The number of halogens is 1. The molecular weight excluding hydrogens is 430 g/mol. The lowest BCUT2D eigenvalue weighted by Crippen LogP contribution is -2.34. The average Bonchev–Trinajstić information content (AvgIpc) is 3.18. The van der Waals surface area contributed by atoms with Crippen LogP contribution >= 0.6 is 27.3 Å². The Morgan fingerprint density at radius 1 is 1.46 bits per heavy atom. The molecule has 2 unspecified atom stereocenters. The zero-order valence-electron chi connectivity index (χ0n) is 13.5. The predicted octanol–water partition coefficient (Wildman–Crippen LogP) is 2.15. The van der Waals surface area contributed by atoms with E-state index in [4.69, 9.17) is 4.74 Å². The summed E-state index contributed by atoms with van der Waals surface area (Å²) in [7, 11) is 1.59. The maximum absolute atomic E-state index is 12.1. The molecule has 0 aliphatic carbocycles. The third-order valence-corrected chi connectivity index (χ3v) is 5.25. The van der Waals surface area contributed by atoms with Crippen molar-refractivity contribution in [2.45, 2.75) is 12.3 Å². The van der Waals surface area contributed by atoms with Gasteiger partial charge in [0, 0.05) is 24.5 Å². The lowest BCUT2D eigenvalue weighted by atomic mass is 10.3. The first-order chi connectivity index (χ1) is 12.4. The van der Waals surface area contributed by atoms with Crippen LogP contribution in [0.15, 0.2) is 24.3 Å². The van der Waals surface area contributed by atoms with Crippen LogP contribution in [-0.4, -0.2) is 56.3 Å². The van der Waals surface area contributed by atoms with Gasteiger partial charge in [-0.2, -0.15) is 0 Å². The number of β-amino-alcohol motifs (C(OH)–C–C–N with tert-alkyl or cyclic N) is 1. The maximum Gasteiger partial charge on any atom is 0.328 e. The first-order valence-electron chi connectivity index (χ1n) is 7.43. The summed E-state index contributed by atoms with van der Waals surface area (Å²) < 4.78 is 5.80. The van der Waals surface area contributed by atoms with Crippen LogP contribution in [0.1, 0.15) is 11.1 Å². The van der Waals surface area contributed by atoms with E-state index in [1.165, 1.54) is 34.1 Å². The molecule has 0 bridgehead atoms. The summed E-state index contributed by atoms with van der Waals surface area (Å²) in [5.41, 5.74) is -0.0309. The molecule has 1 saturated heterocycles. The molecule has 138 valence electrons. The van der Waals surface area contributed by atoms with Crippen LogP contribution in [0.25, 0.3) is 0 Å². The summed E-state index contributed by atoms with van der Waals surface area (Å²) in [5, 5.41) is 29.9. The number of urea groups is 1. The molecule has 10 nitrogen and oxygen atoms in total. The lowest BCUT2D eigenvalue weighted by Gasteiger charge is -2.15. The second kappa shape index (κ2) is 7.51. The number of carbonyl (C=O) groups is 1. The highest BCUT2D eigenvalue weighted by molar-refractivity contribution is 9.09. The van der Waals surface area contributed by atoms with Crippen molar-refractivity contribution < 1.29 is 19.6 Å². The first kappa shape index (κ1) is 18.5. The third-order valence-electron chi connectivity index (χ3n) is 3.65. The smallest absolute Gasteiger partial charge is 0.328 e. The van der Waals surface area contributed by atoms with Gasteiger partial charge in [-0.3, -0.25) is 10.1 Å². The van der Waals surface area contributed by atoms with Crippen LogP contribution in [-0.2, 0) is 0 Å². The zero-order chi connectivity index (χ0) is 18.8. The van der Waals surface area contributed by atoms with Crippen molar-refractivity contribution in [3.8, 4) is 5.75 Å². The van der Waals surface area contributed by atoms with Crippen molar-refractivity contribution >= 4 is 44.1 Å². The Labute approximate surface area is 160 Å². The van der Waals surface area contributed by atoms with Gasteiger partial charge in [-0.05, 0) is 12.1 Å². The van der Waals surface area contributed by atoms with Crippen LogP contribution in [0, 0.1) is 10.1 Å². The zero-order valence-corrected chi connectivity index (χ0v) is 15.9. The second-order valence-corrected chi connectivity index (χ2v) is 7.08. The van der Waals surface area contributed by atoms with Crippen molar-refractivity contribution in [1.29, 1.82) is 0 Å². The highest BCUT2D eigenvalue weighted by Crippen LogP contribution is 2.32. The molecule has 3 rings (SSSR count). The summed E-state index contributed by atoms with van der Waals surface area (Å²) in [5.74, 6) is 0.439. The molecule has 0 radical (unpaired) electrons. The number of nitro benzene ring substituents is 1. The molecule has 2 aromatic rings. The monoisotopic (exact) mass is 443 g/mol. The summed E-state index contributed by atoms with van der Waals surface area (Å²) in [4.78, 5) is 24.9. The average molecular weight is 444 g/mol. The summed E-state index contributed by atoms with van der Waals surface area (Å²) in [6.45, 7) is 0.189. The molecule has 1 fully saturated rings. The van der Waals surface area contributed by atoms with Crippen LogP contribution < -0.4 is 9.64 Å². The van der Waals surface area contributed by atoms with Crippen LogP contribution in [0.3, 0.4) is 0 Å². The Balaban J connectivity index is 1.76. The SMILES string of the molecule is CN1CC(O)N(c2nnc(C(CBr)Oc3ccc([N+](=O)[O-])cc3)s2)C1=O. The van der Waals surface area contributed by atoms with E-state index < -0.39 is 17.3 Å². The minimum atomic E-state index is -0.980. The number of nitrogens with zero attached hydrogens (tertiary/aromatic N) is 5. The molecule has 1 aromatic carbocycles. The Morgan fingerprint density at radius 3 is 2.69 bits per heavy atom. The van der Waals surface area contributed by atoms with Gasteiger partial charge >= 0.3 is 6.03 Å². The van der Waals surface area contributed by atoms with E-state index in [0.29, 0.717) is 16.1 Å². The number of aliphatic hydroxyl groups excluding tert-OH is 1. The van der Waals surface area contributed by atoms with Gasteiger partial charge in [0.15, 0.2) is 17.3 Å². The Bertz CT molecular complexity index is 816. The van der Waals surface area contributed by atoms with Gasteiger partial charge in [-0.25, -0.2) is 9.69 Å². The topological polar surface area (TPSA) is 122 Å². The molecule has 0 spiro atoms. The number of alkyl halides is 1. The van der Waals surface area contributed by atoms with Gasteiger partial charge in [0.05, 0.1) is 11.5 Å². The largest absolute Gasteiger partial charge is 0.482 e. The number of carbonyl (C=O) groups excluding carboxylic acids is 1. The fourth-order valence-electron chi connectivity index (χ4n) is 2.34. The highest BCUT2D eigenvalue weighted by Gasteiger charge is 2.37. The highest BCUT2D eigenvalue weighted by atomic mass is 79.9. The van der Waals surface area contributed by atoms with E-state index in [0.717, 1.165) is 11.3 Å². The van der Waals surface area contributed by atoms with Crippen molar-refractivity contribution in [3.05, 3.63) is 39.4 Å². The number of non-ortho nitro benzene ring substituents is 1. The van der Waals surface area contributed by atoms with E-state index in [2.05, 4.69) is 26.1 Å². The van der Waals surface area contributed by atoms with Crippen molar-refractivity contribution in [2.24, 2.45) is 0 Å². The molecule has 1 aromatic heterocycles. The number of hydrogen-bond acceptors (Lipinski definition) is 8. The van der Waals surface area contributed by atoms with Gasteiger partial charge in [0.25, 0.3) is 5.69 Å². The van der Waals surface area contributed by atoms with Crippen LogP contribution in [0.5, 0.6) is 5.75 Å². The minimum absolute atomic E-state index is 0.0309. The van der Waals surface area contributed by atoms with Crippen molar-refractivity contribution in [1.82, 2.24) is 15.1 Å². The fraction of sp³-hybridized carbons (Fsp3) is 0.357. The number of aliphatic hydroxyl groups is 1. The van der Waals surface area contributed by atoms with Crippen molar-refractivity contribution in [3.63, 3.8) is 0 Å². The molecule has 2 heterocycles. The van der Waals surface area contributed by atoms with Crippen LogP contribution in [0.2, 0.25) is 0 Å². The number of benzene rings is 1. The fourth-order valence-corrected chi connectivity index (χ4v) is 3.90. The first-order valence-corrected chi connectivity index (χ1v) is 9.37. The van der Waals surface area contributed by atoms with E-state index in [9.17, 15) is 20.0 Å². The Hall–Kier alpha value is -2.31. The molecule has 26 heavy (non-hydrogen) atoms. The van der Waals surface area contributed by atoms with E-state index in [-0.39, 0.29) is 23.4 Å². The van der Waals surface area contributed by atoms with Gasteiger partial charge in [0.2, 0.25) is 5.13 Å². The van der Waals surface area contributed by atoms with Crippen LogP contribution in [0.4, 0.5) is 15.6 Å². The number of anilines is 1. The Kier molecular flexibility index (Phi) is 5.34. The van der Waals surface area contributed by atoms with E-state index in [1.807, 2.05) is 0 Å². The second-order valence-electron chi connectivity index (χ2n) is 5.45. The normalized spacial score (nSPS) is 18.3. The number of nitro groups is 1. The van der Waals surface area contributed by atoms with Gasteiger partial charge in [0.1, 0.15) is 5.75 Å². The predicted molar refractivity (Wildman–Crippen MR) is 96.7 cm³/mol. The molecule has 2 amide bonds. The third kappa shape index (κ3) is 3.61. The number of amides is 2. The number of rotatable bonds is 6. The number of aromatic nitrogens is 2. The molecule has 2 atom stereocenters. The van der Waals surface area contributed by atoms with E-state index in [1.54, 1.807) is 7.05 Å². The summed E-state index contributed by atoms with van der Waals surface area (Å²) >= 11 is 4.47. The molecule has 12 heteroatoms. The van der Waals surface area contributed by atoms with Gasteiger partial charge < -0.3 is 14.7 Å². The summed E-state index contributed by atoms with van der Waals surface area (Å²) in [6.07, 6.45) is -1.48. The standard InChI is InChI=1S/C14H14BrN5O5S/c1-18-7-11(21)19(14(18)22)13-17-16-12(26-13)10(6-15)25-9-4-2-8(3-5-9)20(23)24/h2-5,10-11,21H,6-7H2,1H3. The Morgan fingerprint density at radius 2 is 2.15 bits per heavy atom. The quantitative estimate of drug-likeness (QED) is 0.412. The molecule has 1 aliphatic heterocycles. The molecular formula is C14H14BrN5O5S. The summed E-state index contributed by atoms with van der Waals surface area (Å²) in [6, 6.07) is 5.34. The van der Waals surface area contributed by atoms with Crippen molar-refractivity contribution in [2.75, 3.05) is 23.8 Å². The van der Waals surface area contributed by atoms with E-state index >= 15 is 0 Å². The number of hydrogen-bond donors (Lipinski definition) is 1. The number of ether oxygens (including phenoxy) is 1. The van der Waals surface area contributed by atoms with Gasteiger partial charge in [-0.1, -0.05) is 27.3 Å². The molecule has 0 saturated carbocycles. The molecule has 1 aliphatic rings. The lowest BCUT2D eigenvalue weighted by molar-refractivity contribution is -0.384. The molecule has 1 N–H and O–H groups in total. The minimum Gasteiger partial charge on any atom is -0.482 e.